The Hall–Kier alpha value is -1.93. The molecule has 0 bridgehead atoms. The summed E-state index contributed by atoms with van der Waals surface area (Å²) in [7, 11) is 0. The smallest absolute Gasteiger partial charge is 0.325 e. The molecule has 0 unspecified atom stereocenters. The van der Waals surface area contributed by atoms with E-state index in [4.69, 9.17) is 0 Å². The fourth-order valence-corrected chi connectivity index (χ4v) is 3.73. The minimum atomic E-state index is -0.385. The van der Waals surface area contributed by atoms with Gasteiger partial charge in [-0.2, -0.15) is 0 Å². The van der Waals surface area contributed by atoms with Crippen LogP contribution in [0.25, 0.3) is 0 Å². The first kappa shape index (κ1) is 16.9. The van der Waals surface area contributed by atoms with Gasteiger partial charge in [-0.25, -0.2) is 9.69 Å². The van der Waals surface area contributed by atoms with Crippen molar-refractivity contribution in [3.8, 4) is 0 Å². The molecule has 1 N–H and O–H groups in total. The number of imide groups is 1. The van der Waals surface area contributed by atoms with E-state index in [2.05, 4.69) is 5.32 Å². The summed E-state index contributed by atoms with van der Waals surface area (Å²) in [4.78, 5) is 42.5. The van der Waals surface area contributed by atoms with Crippen LogP contribution in [0, 0.1) is 0 Å². The number of nitrogens with one attached hydrogen (secondary N) is 1. The Kier molecular flexibility index (Phi) is 5.15. The second kappa shape index (κ2) is 7.31. The Morgan fingerprint density at radius 3 is 2.67 bits per heavy atom. The average Bonchev–Trinajstić information content (AvgIpc) is 3.20. The van der Waals surface area contributed by atoms with Gasteiger partial charge in [-0.05, 0) is 17.9 Å². The Morgan fingerprint density at radius 1 is 1.29 bits per heavy atom. The van der Waals surface area contributed by atoms with Crippen LogP contribution in [0.1, 0.15) is 29.4 Å². The third kappa shape index (κ3) is 3.44. The van der Waals surface area contributed by atoms with Crippen molar-refractivity contribution in [2.45, 2.75) is 25.8 Å². The molecule has 130 valence electrons. The first-order chi connectivity index (χ1) is 11.6. The highest BCUT2D eigenvalue weighted by molar-refractivity contribution is 7.12. The quantitative estimate of drug-likeness (QED) is 0.810. The second-order valence-corrected chi connectivity index (χ2v) is 7.03. The van der Waals surface area contributed by atoms with Crippen molar-refractivity contribution in [2.24, 2.45) is 0 Å². The Morgan fingerprint density at radius 2 is 2.04 bits per heavy atom. The van der Waals surface area contributed by atoms with Gasteiger partial charge in [0.15, 0.2) is 0 Å². The SMILES string of the molecule is CCC[C@H]1NC(=O)N(CN2CCN(C(=O)c3cccs3)CC2)C1=O. The first-order valence-corrected chi connectivity index (χ1v) is 9.15. The molecule has 0 aromatic carbocycles. The summed E-state index contributed by atoms with van der Waals surface area (Å²) in [5, 5.41) is 4.63. The van der Waals surface area contributed by atoms with Gasteiger partial charge in [-0.3, -0.25) is 14.5 Å². The molecule has 3 heterocycles. The number of piperazine rings is 1. The van der Waals surface area contributed by atoms with Crippen LogP contribution in [-0.4, -0.2) is 71.4 Å². The lowest BCUT2D eigenvalue weighted by atomic mass is 10.2. The number of carbonyl (C=O) groups is 3. The third-order valence-electron chi connectivity index (χ3n) is 4.42. The molecule has 2 aliphatic rings. The molecule has 0 radical (unpaired) electrons. The monoisotopic (exact) mass is 350 g/mol. The molecule has 2 fully saturated rings. The minimum Gasteiger partial charge on any atom is -0.335 e. The average molecular weight is 350 g/mol. The van der Waals surface area contributed by atoms with Crippen LogP contribution < -0.4 is 5.32 Å². The van der Waals surface area contributed by atoms with Crippen molar-refractivity contribution in [2.75, 3.05) is 32.8 Å². The van der Waals surface area contributed by atoms with Gasteiger partial charge in [0.05, 0.1) is 11.5 Å². The number of nitrogens with zero attached hydrogens (tertiary/aromatic N) is 3. The molecule has 4 amide bonds. The number of amides is 4. The largest absolute Gasteiger partial charge is 0.335 e. The predicted octanol–water partition coefficient (Wildman–Crippen LogP) is 1.18. The van der Waals surface area contributed by atoms with E-state index in [0.29, 0.717) is 39.3 Å². The van der Waals surface area contributed by atoms with Crippen molar-refractivity contribution >= 4 is 29.2 Å². The van der Waals surface area contributed by atoms with Crippen LogP contribution in [0.3, 0.4) is 0 Å². The molecule has 0 aliphatic carbocycles. The molecule has 0 spiro atoms. The Balaban J connectivity index is 1.51. The van der Waals surface area contributed by atoms with Crippen molar-refractivity contribution in [1.29, 1.82) is 0 Å². The summed E-state index contributed by atoms with van der Waals surface area (Å²) >= 11 is 1.45. The second-order valence-electron chi connectivity index (χ2n) is 6.09. The molecule has 0 saturated carbocycles. The highest BCUT2D eigenvalue weighted by Crippen LogP contribution is 2.16. The highest BCUT2D eigenvalue weighted by atomic mass is 32.1. The van der Waals surface area contributed by atoms with Crippen molar-refractivity contribution in [3.63, 3.8) is 0 Å². The minimum absolute atomic E-state index is 0.0580. The number of urea groups is 1. The van der Waals surface area contributed by atoms with Gasteiger partial charge < -0.3 is 10.2 Å². The van der Waals surface area contributed by atoms with Gasteiger partial charge in [0.1, 0.15) is 6.04 Å². The van der Waals surface area contributed by atoms with Crippen molar-refractivity contribution < 1.29 is 14.4 Å². The van der Waals surface area contributed by atoms with E-state index in [1.165, 1.54) is 16.2 Å². The Bertz CT molecular complexity index is 611. The fraction of sp³-hybridized carbons (Fsp3) is 0.562. The molecule has 2 aliphatic heterocycles. The van der Waals surface area contributed by atoms with Gasteiger partial charge in [0.25, 0.3) is 11.8 Å². The van der Waals surface area contributed by atoms with Crippen molar-refractivity contribution in [1.82, 2.24) is 20.0 Å². The summed E-state index contributed by atoms with van der Waals surface area (Å²) in [6.07, 6.45) is 1.53. The van der Waals surface area contributed by atoms with E-state index in [-0.39, 0.29) is 23.9 Å². The first-order valence-electron chi connectivity index (χ1n) is 8.27. The van der Waals surface area contributed by atoms with E-state index in [1.807, 2.05) is 34.2 Å². The molecule has 1 aromatic heterocycles. The maximum atomic E-state index is 12.3. The van der Waals surface area contributed by atoms with Crippen LogP contribution in [0.15, 0.2) is 17.5 Å². The van der Waals surface area contributed by atoms with Crippen LogP contribution in [0.4, 0.5) is 4.79 Å². The fourth-order valence-electron chi connectivity index (χ4n) is 3.04. The summed E-state index contributed by atoms with van der Waals surface area (Å²) in [5.41, 5.74) is 0. The zero-order chi connectivity index (χ0) is 17.1. The molecule has 7 nitrogen and oxygen atoms in total. The van der Waals surface area contributed by atoms with Gasteiger partial charge in [0, 0.05) is 26.2 Å². The molecular formula is C16H22N4O3S. The van der Waals surface area contributed by atoms with E-state index in [9.17, 15) is 14.4 Å². The van der Waals surface area contributed by atoms with Gasteiger partial charge >= 0.3 is 6.03 Å². The van der Waals surface area contributed by atoms with Gasteiger partial charge in [-0.1, -0.05) is 19.4 Å². The molecule has 3 rings (SSSR count). The summed E-state index contributed by atoms with van der Waals surface area (Å²) < 4.78 is 0. The van der Waals surface area contributed by atoms with E-state index < -0.39 is 0 Å². The maximum Gasteiger partial charge on any atom is 0.325 e. The third-order valence-corrected chi connectivity index (χ3v) is 5.28. The highest BCUT2D eigenvalue weighted by Gasteiger charge is 2.38. The molecule has 8 heteroatoms. The zero-order valence-corrected chi connectivity index (χ0v) is 14.6. The topological polar surface area (TPSA) is 73.0 Å². The molecule has 1 atom stereocenters. The molecule has 24 heavy (non-hydrogen) atoms. The van der Waals surface area contributed by atoms with Crippen molar-refractivity contribution in [3.05, 3.63) is 22.4 Å². The maximum absolute atomic E-state index is 12.3. The zero-order valence-electron chi connectivity index (χ0n) is 13.7. The number of hydrogen-bond acceptors (Lipinski definition) is 5. The van der Waals surface area contributed by atoms with E-state index >= 15 is 0 Å². The number of thiophene rings is 1. The lowest BCUT2D eigenvalue weighted by Gasteiger charge is -2.35. The standard InChI is InChI=1S/C16H22N4O3S/c1-2-4-12-14(21)20(16(23)17-12)11-18-6-8-19(9-7-18)15(22)13-5-3-10-24-13/h3,5,10,12H,2,4,6-9,11H2,1H3,(H,17,23)/t12-/m1/s1. The lowest BCUT2D eigenvalue weighted by molar-refractivity contribution is -0.129. The summed E-state index contributed by atoms with van der Waals surface area (Å²) in [5.74, 6) is -0.0819. The van der Waals surface area contributed by atoms with E-state index in [1.54, 1.807) is 0 Å². The molecular weight excluding hydrogens is 328 g/mol. The van der Waals surface area contributed by atoms with E-state index in [0.717, 1.165) is 11.3 Å². The number of rotatable bonds is 5. The van der Waals surface area contributed by atoms with Crippen LogP contribution in [0.2, 0.25) is 0 Å². The van der Waals surface area contributed by atoms with Crippen LogP contribution in [-0.2, 0) is 4.79 Å². The molecule has 1 aromatic rings. The van der Waals surface area contributed by atoms with Crippen LogP contribution >= 0.6 is 11.3 Å². The Labute approximate surface area is 145 Å². The predicted molar refractivity (Wildman–Crippen MR) is 90.7 cm³/mol. The van der Waals surface area contributed by atoms with Crippen LogP contribution in [0.5, 0.6) is 0 Å². The normalized spacial score (nSPS) is 22.1. The lowest BCUT2D eigenvalue weighted by Crippen LogP contribution is -2.52. The molecule has 2 saturated heterocycles. The van der Waals surface area contributed by atoms with Gasteiger partial charge in [0.2, 0.25) is 0 Å². The summed E-state index contributed by atoms with van der Waals surface area (Å²) in [6.45, 7) is 4.83. The van der Waals surface area contributed by atoms with Gasteiger partial charge in [-0.15, -0.1) is 11.3 Å². The number of hydrogen-bond donors (Lipinski definition) is 1. The summed E-state index contributed by atoms with van der Waals surface area (Å²) in [6, 6.07) is 3.01. The number of carbonyl (C=O) groups excluding carboxylic acids is 3.